The molecular weight excluding hydrogens is 300 g/mol. The smallest absolute Gasteiger partial charge is 0.143 e. The van der Waals surface area contributed by atoms with Gasteiger partial charge < -0.3 is 5.73 Å². The normalized spacial score (nSPS) is 31.2. The van der Waals surface area contributed by atoms with Crippen LogP contribution >= 0.6 is 15.9 Å². The molecule has 18 heavy (non-hydrogen) atoms. The van der Waals surface area contributed by atoms with Crippen LogP contribution in [-0.2, 0) is 6.42 Å². The molecule has 0 spiro atoms. The molecule has 0 heterocycles. The van der Waals surface area contributed by atoms with Crippen LogP contribution in [0.25, 0.3) is 0 Å². The fourth-order valence-corrected chi connectivity index (χ4v) is 3.64. The molecule has 0 amide bonds. The second-order valence-corrected chi connectivity index (χ2v) is 6.53. The van der Waals surface area contributed by atoms with Crippen molar-refractivity contribution in [1.29, 1.82) is 0 Å². The molecule has 3 unspecified atom stereocenters. The van der Waals surface area contributed by atoms with Crippen molar-refractivity contribution >= 4 is 15.9 Å². The van der Waals surface area contributed by atoms with E-state index in [1.165, 1.54) is 18.6 Å². The van der Waals surface area contributed by atoms with Gasteiger partial charge in [0.1, 0.15) is 11.6 Å². The third-order valence-corrected chi connectivity index (χ3v) is 5.08. The third-order valence-electron chi connectivity index (χ3n) is 4.46. The highest BCUT2D eigenvalue weighted by molar-refractivity contribution is 9.10. The Bertz CT molecular complexity index is 467. The van der Waals surface area contributed by atoms with Crippen LogP contribution in [0.4, 0.5) is 8.78 Å². The van der Waals surface area contributed by atoms with E-state index in [1.807, 2.05) is 0 Å². The Morgan fingerprint density at radius 3 is 2.56 bits per heavy atom. The summed E-state index contributed by atoms with van der Waals surface area (Å²) in [6.45, 7) is 0. The predicted molar refractivity (Wildman–Crippen MR) is 70.1 cm³/mol. The van der Waals surface area contributed by atoms with E-state index in [0.717, 1.165) is 24.7 Å². The van der Waals surface area contributed by atoms with E-state index in [-0.39, 0.29) is 11.6 Å². The Hall–Kier alpha value is -0.480. The van der Waals surface area contributed by atoms with Crippen LogP contribution in [0.5, 0.6) is 0 Å². The Balaban J connectivity index is 1.73. The molecule has 2 aliphatic rings. The monoisotopic (exact) mass is 315 g/mol. The van der Waals surface area contributed by atoms with Crippen LogP contribution in [0.3, 0.4) is 0 Å². The molecule has 1 aromatic rings. The first-order chi connectivity index (χ1) is 8.56. The molecule has 1 aromatic carbocycles. The van der Waals surface area contributed by atoms with Crippen molar-refractivity contribution in [3.8, 4) is 0 Å². The number of benzene rings is 1. The molecule has 3 atom stereocenters. The van der Waals surface area contributed by atoms with E-state index >= 15 is 0 Å². The summed E-state index contributed by atoms with van der Waals surface area (Å²) in [5.41, 5.74) is 6.26. The van der Waals surface area contributed by atoms with E-state index in [2.05, 4.69) is 15.9 Å². The van der Waals surface area contributed by atoms with Gasteiger partial charge >= 0.3 is 0 Å². The van der Waals surface area contributed by atoms with Crippen LogP contribution in [0, 0.1) is 29.4 Å². The van der Waals surface area contributed by atoms with Crippen molar-refractivity contribution in [2.24, 2.45) is 23.5 Å². The molecule has 0 saturated heterocycles. The minimum absolute atomic E-state index is 0.123. The maximum absolute atomic E-state index is 13.9. The summed E-state index contributed by atoms with van der Waals surface area (Å²) in [5.74, 6) is 1.13. The lowest BCUT2D eigenvalue weighted by molar-refractivity contribution is 0.383. The topological polar surface area (TPSA) is 26.0 Å². The van der Waals surface area contributed by atoms with E-state index in [0.29, 0.717) is 16.8 Å². The van der Waals surface area contributed by atoms with Crippen molar-refractivity contribution in [3.05, 3.63) is 33.8 Å². The van der Waals surface area contributed by atoms with Gasteiger partial charge in [-0.3, -0.25) is 0 Å². The molecule has 2 fully saturated rings. The van der Waals surface area contributed by atoms with E-state index in [4.69, 9.17) is 5.73 Å². The molecule has 0 aliphatic heterocycles. The highest BCUT2D eigenvalue weighted by atomic mass is 79.9. The summed E-state index contributed by atoms with van der Waals surface area (Å²) in [7, 11) is 0. The molecular formula is C14H16BrF2N. The molecule has 2 saturated carbocycles. The predicted octanol–water partition coefficient (Wildman–Crippen LogP) is 3.64. The zero-order chi connectivity index (χ0) is 12.9. The number of hydrogen-bond donors (Lipinski definition) is 1. The van der Waals surface area contributed by atoms with Gasteiger partial charge in [-0.1, -0.05) is 0 Å². The van der Waals surface area contributed by atoms with Crippen molar-refractivity contribution in [1.82, 2.24) is 0 Å². The van der Waals surface area contributed by atoms with E-state index in [9.17, 15) is 8.78 Å². The summed E-state index contributed by atoms with van der Waals surface area (Å²) in [5, 5.41) is 0. The van der Waals surface area contributed by atoms with Gasteiger partial charge in [-0.05, 0) is 71.5 Å². The van der Waals surface area contributed by atoms with Gasteiger partial charge in [0, 0.05) is 11.6 Å². The zero-order valence-electron chi connectivity index (χ0n) is 10.0. The summed E-state index contributed by atoms with van der Waals surface area (Å²) < 4.78 is 27.8. The molecule has 0 aromatic heterocycles. The van der Waals surface area contributed by atoms with Crippen LogP contribution in [0.15, 0.2) is 16.6 Å². The molecule has 2 N–H and O–H groups in total. The van der Waals surface area contributed by atoms with Gasteiger partial charge in [0.2, 0.25) is 0 Å². The Morgan fingerprint density at radius 2 is 1.89 bits per heavy atom. The van der Waals surface area contributed by atoms with Gasteiger partial charge in [0.15, 0.2) is 0 Å². The fourth-order valence-electron chi connectivity index (χ4n) is 3.27. The summed E-state index contributed by atoms with van der Waals surface area (Å²) in [4.78, 5) is 0. The minimum Gasteiger partial charge on any atom is -0.327 e. The molecule has 1 nitrogen and oxygen atoms in total. The number of hydrogen-bond acceptors (Lipinski definition) is 1. The highest BCUT2D eigenvalue weighted by Gasteiger charge is 2.47. The quantitative estimate of drug-likeness (QED) is 0.847. The first-order valence-corrected chi connectivity index (χ1v) is 7.23. The highest BCUT2D eigenvalue weighted by Crippen LogP contribution is 2.55. The lowest BCUT2D eigenvalue weighted by Gasteiger charge is -2.21. The fraction of sp³-hybridized carbons (Fsp3) is 0.571. The van der Waals surface area contributed by atoms with Gasteiger partial charge in [-0.15, -0.1) is 0 Å². The second kappa shape index (κ2) is 4.57. The maximum Gasteiger partial charge on any atom is 0.143 e. The Kier molecular flexibility index (Phi) is 3.18. The molecule has 0 bridgehead atoms. The third kappa shape index (κ3) is 2.21. The van der Waals surface area contributed by atoms with Crippen molar-refractivity contribution in [3.63, 3.8) is 0 Å². The van der Waals surface area contributed by atoms with Gasteiger partial charge in [-0.25, -0.2) is 8.78 Å². The minimum atomic E-state index is -0.506. The zero-order valence-corrected chi connectivity index (χ0v) is 11.6. The number of halogens is 3. The summed E-state index contributed by atoms with van der Waals surface area (Å²) >= 11 is 3.09. The lowest BCUT2D eigenvalue weighted by Crippen LogP contribution is -2.32. The van der Waals surface area contributed by atoms with Crippen molar-refractivity contribution in [2.45, 2.75) is 31.7 Å². The average Bonchev–Trinajstić information content (AvgIpc) is 2.96. The van der Waals surface area contributed by atoms with Crippen LogP contribution in [-0.4, -0.2) is 6.04 Å². The number of fused-ring (bicyclic) bond motifs is 1. The second-order valence-electron chi connectivity index (χ2n) is 5.68. The van der Waals surface area contributed by atoms with E-state index in [1.54, 1.807) is 0 Å². The van der Waals surface area contributed by atoms with Crippen LogP contribution < -0.4 is 5.73 Å². The standard InChI is InChI=1S/C14H16BrF2N/c15-11-1-2-12(16)10(14(11)17)6-13(18)9-4-7-3-8(7)5-9/h1-2,7-9,13H,3-6,18H2. The molecule has 4 heteroatoms. The average molecular weight is 316 g/mol. The van der Waals surface area contributed by atoms with Gasteiger partial charge in [-0.2, -0.15) is 0 Å². The molecule has 0 radical (unpaired) electrons. The molecule has 2 aliphatic carbocycles. The van der Waals surface area contributed by atoms with Crippen LogP contribution in [0.2, 0.25) is 0 Å². The largest absolute Gasteiger partial charge is 0.327 e. The van der Waals surface area contributed by atoms with Crippen molar-refractivity contribution < 1.29 is 8.78 Å². The summed E-state index contributed by atoms with van der Waals surface area (Å²) in [6.07, 6.45) is 3.91. The van der Waals surface area contributed by atoms with Crippen LogP contribution in [0.1, 0.15) is 24.8 Å². The molecule has 3 rings (SSSR count). The Morgan fingerprint density at radius 1 is 1.22 bits per heavy atom. The first-order valence-electron chi connectivity index (χ1n) is 6.44. The maximum atomic E-state index is 13.9. The first kappa shape index (κ1) is 12.5. The lowest BCUT2D eigenvalue weighted by atomic mass is 9.90. The van der Waals surface area contributed by atoms with Gasteiger partial charge in [0.25, 0.3) is 0 Å². The Labute approximate surface area is 114 Å². The van der Waals surface area contributed by atoms with Crippen molar-refractivity contribution in [2.75, 3.05) is 0 Å². The summed E-state index contributed by atoms with van der Waals surface area (Å²) in [6, 6.07) is 2.56. The number of rotatable bonds is 3. The molecule has 98 valence electrons. The SMILES string of the molecule is NC(Cc1c(F)ccc(Br)c1F)C1CC2CC2C1. The van der Waals surface area contributed by atoms with E-state index < -0.39 is 11.6 Å². The number of nitrogens with two attached hydrogens (primary N) is 1. The van der Waals surface area contributed by atoms with Gasteiger partial charge in [0.05, 0.1) is 4.47 Å².